The van der Waals surface area contributed by atoms with E-state index in [9.17, 15) is 38.4 Å². The Morgan fingerprint density at radius 3 is 1.77 bits per heavy atom. The number of amides is 2. The van der Waals surface area contributed by atoms with Crippen LogP contribution in [0.4, 0.5) is 0 Å². The molecule has 0 spiro atoms. The van der Waals surface area contributed by atoms with Gasteiger partial charge in [-0.25, -0.2) is 9.59 Å². The van der Waals surface area contributed by atoms with Crippen LogP contribution in [0.25, 0.3) is 0 Å². The largest absolute Gasteiger partial charge is 0.463 e. The fraction of sp³-hybridized carbons (Fsp3) is 0.548. The standard InChI is InChI=1S/C31H35NO15/c1-14(33)41-12-22-24(44-16(3)35)25(45-17(4)36)23(43-15(2)34)21(46-22)11-20(29(39)47-26-30(40)42-13-31(26,5)6)32-27(37)18-9-7-8-10-19(18)28(32)38/h7-10,20-26H,11-13H2,1-6H3/t20-,21-,22-,23+,24-,25-,26-/m1/s1. The van der Waals surface area contributed by atoms with Gasteiger partial charge >= 0.3 is 35.8 Å². The lowest BCUT2D eigenvalue weighted by atomic mass is 9.89. The van der Waals surface area contributed by atoms with Crippen LogP contribution in [0.15, 0.2) is 24.3 Å². The van der Waals surface area contributed by atoms with Crippen molar-refractivity contribution in [3.63, 3.8) is 0 Å². The first kappa shape index (κ1) is 35.0. The Morgan fingerprint density at radius 1 is 0.787 bits per heavy atom. The zero-order valence-electron chi connectivity index (χ0n) is 26.5. The topological polar surface area (TPSA) is 204 Å². The van der Waals surface area contributed by atoms with Gasteiger partial charge in [0, 0.05) is 39.5 Å². The van der Waals surface area contributed by atoms with E-state index in [0.717, 1.165) is 27.7 Å². The first-order valence-electron chi connectivity index (χ1n) is 14.7. The lowest BCUT2D eigenvalue weighted by Crippen LogP contribution is -2.63. The molecule has 16 nitrogen and oxygen atoms in total. The highest BCUT2D eigenvalue weighted by Crippen LogP contribution is 2.36. The molecule has 3 heterocycles. The number of imide groups is 1. The minimum atomic E-state index is -1.80. The number of nitrogens with zero attached hydrogens (tertiary/aromatic N) is 1. The summed E-state index contributed by atoms with van der Waals surface area (Å²) in [6, 6.07) is 4.04. The Bertz CT molecular complexity index is 1450. The van der Waals surface area contributed by atoms with E-state index in [1.54, 1.807) is 13.8 Å². The van der Waals surface area contributed by atoms with Crippen molar-refractivity contribution in [2.24, 2.45) is 5.41 Å². The normalized spacial score (nSPS) is 26.9. The molecule has 2 amide bonds. The molecule has 0 radical (unpaired) electrons. The number of benzene rings is 1. The first-order valence-corrected chi connectivity index (χ1v) is 14.7. The van der Waals surface area contributed by atoms with Crippen molar-refractivity contribution in [1.29, 1.82) is 0 Å². The van der Waals surface area contributed by atoms with Crippen LogP contribution in [0.5, 0.6) is 0 Å². The molecule has 16 heteroatoms. The van der Waals surface area contributed by atoms with Crippen LogP contribution in [0, 0.1) is 5.41 Å². The number of fused-ring (bicyclic) bond motifs is 1. The molecule has 2 fully saturated rings. The van der Waals surface area contributed by atoms with Gasteiger partial charge in [0.15, 0.2) is 18.3 Å². The molecule has 2 saturated heterocycles. The van der Waals surface area contributed by atoms with Crippen LogP contribution in [0.2, 0.25) is 0 Å². The molecule has 0 bridgehead atoms. The van der Waals surface area contributed by atoms with E-state index in [4.69, 9.17) is 33.2 Å². The lowest BCUT2D eigenvalue weighted by Gasteiger charge is -2.45. The maximum Gasteiger partial charge on any atom is 0.348 e. The van der Waals surface area contributed by atoms with E-state index in [1.165, 1.54) is 24.3 Å². The summed E-state index contributed by atoms with van der Waals surface area (Å²) in [7, 11) is 0. The van der Waals surface area contributed by atoms with Crippen LogP contribution in [-0.4, -0.2) is 108 Å². The molecular weight excluding hydrogens is 626 g/mol. The SMILES string of the molecule is CC(=O)OC[C@H]1O[C@H](C[C@H](C(=O)O[C@@H]2C(=O)OCC2(C)C)N2C(=O)c3ccccc3C2=O)[C@H](OC(C)=O)[C@@H](OC(C)=O)[C@@H]1OC(C)=O. The Morgan fingerprint density at radius 2 is 1.30 bits per heavy atom. The van der Waals surface area contributed by atoms with Gasteiger partial charge in [0.2, 0.25) is 6.10 Å². The third kappa shape index (κ3) is 7.59. The highest BCUT2D eigenvalue weighted by atomic mass is 16.7. The molecule has 0 aliphatic carbocycles. The number of carbonyl (C=O) groups excluding carboxylic acids is 8. The summed E-state index contributed by atoms with van der Waals surface area (Å²) < 4.78 is 38.2. The van der Waals surface area contributed by atoms with Crippen LogP contribution in [0.1, 0.15) is 68.7 Å². The van der Waals surface area contributed by atoms with Crippen molar-refractivity contribution in [2.75, 3.05) is 13.2 Å². The minimum Gasteiger partial charge on any atom is -0.463 e. The van der Waals surface area contributed by atoms with Crippen LogP contribution in [0.3, 0.4) is 0 Å². The monoisotopic (exact) mass is 661 g/mol. The maximum atomic E-state index is 14.0. The van der Waals surface area contributed by atoms with Gasteiger partial charge in [0.25, 0.3) is 11.8 Å². The summed E-state index contributed by atoms with van der Waals surface area (Å²) in [5.74, 6) is -7.09. The van der Waals surface area contributed by atoms with Gasteiger partial charge < -0.3 is 33.2 Å². The third-order valence-corrected chi connectivity index (χ3v) is 7.70. The predicted octanol–water partition coefficient (Wildman–Crippen LogP) is 0.662. The fourth-order valence-corrected chi connectivity index (χ4v) is 5.66. The maximum absolute atomic E-state index is 14.0. The second kappa shape index (κ2) is 13.9. The van der Waals surface area contributed by atoms with Gasteiger partial charge in [0.1, 0.15) is 31.5 Å². The first-order chi connectivity index (χ1) is 22.0. The zero-order valence-corrected chi connectivity index (χ0v) is 26.5. The Hall–Kier alpha value is -4.86. The summed E-state index contributed by atoms with van der Waals surface area (Å²) in [6.07, 6.45) is -9.51. The number of carbonyl (C=O) groups is 8. The van der Waals surface area contributed by atoms with Crippen molar-refractivity contribution in [3.8, 4) is 0 Å². The molecule has 3 aliphatic rings. The van der Waals surface area contributed by atoms with E-state index in [-0.39, 0.29) is 17.7 Å². The van der Waals surface area contributed by atoms with E-state index in [2.05, 4.69) is 0 Å². The minimum absolute atomic E-state index is 0.00236. The van der Waals surface area contributed by atoms with Crippen LogP contribution >= 0.6 is 0 Å². The van der Waals surface area contributed by atoms with Gasteiger partial charge in [-0.1, -0.05) is 26.0 Å². The van der Waals surface area contributed by atoms with Gasteiger partial charge in [-0.05, 0) is 12.1 Å². The van der Waals surface area contributed by atoms with Gasteiger partial charge in [-0.15, -0.1) is 0 Å². The molecule has 0 saturated carbocycles. The van der Waals surface area contributed by atoms with E-state index in [1.807, 2.05) is 0 Å². The van der Waals surface area contributed by atoms with Crippen LogP contribution < -0.4 is 0 Å². The highest BCUT2D eigenvalue weighted by Gasteiger charge is 2.55. The molecule has 1 aromatic carbocycles. The predicted molar refractivity (Wildman–Crippen MR) is 152 cm³/mol. The van der Waals surface area contributed by atoms with Crippen molar-refractivity contribution in [3.05, 3.63) is 35.4 Å². The van der Waals surface area contributed by atoms with Crippen molar-refractivity contribution < 1.29 is 71.5 Å². The third-order valence-electron chi connectivity index (χ3n) is 7.70. The lowest BCUT2D eigenvalue weighted by molar-refractivity contribution is -0.254. The number of hydrogen-bond acceptors (Lipinski definition) is 15. The summed E-state index contributed by atoms with van der Waals surface area (Å²) in [4.78, 5) is 103. The Kier molecular flexibility index (Phi) is 10.3. The molecule has 0 N–H and O–H groups in total. The Labute approximate surface area is 268 Å². The molecular formula is C31H35NO15. The van der Waals surface area contributed by atoms with E-state index >= 15 is 0 Å². The summed E-state index contributed by atoms with van der Waals surface area (Å²) in [5, 5.41) is 0. The average molecular weight is 662 g/mol. The van der Waals surface area contributed by atoms with Crippen molar-refractivity contribution >= 4 is 47.6 Å². The molecule has 1 aromatic rings. The van der Waals surface area contributed by atoms with Gasteiger partial charge in [0.05, 0.1) is 11.1 Å². The summed E-state index contributed by atoms with van der Waals surface area (Å²) in [5.41, 5.74) is -0.969. The molecule has 47 heavy (non-hydrogen) atoms. The summed E-state index contributed by atoms with van der Waals surface area (Å²) in [6.45, 7) is 6.87. The number of esters is 6. The van der Waals surface area contributed by atoms with Gasteiger partial charge in [-0.2, -0.15) is 0 Å². The molecule has 4 rings (SSSR count). The fourth-order valence-electron chi connectivity index (χ4n) is 5.66. The second-order valence-electron chi connectivity index (χ2n) is 11.9. The number of cyclic esters (lactones) is 1. The highest BCUT2D eigenvalue weighted by molar-refractivity contribution is 6.22. The molecule has 0 unspecified atom stereocenters. The van der Waals surface area contributed by atoms with E-state index < -0.39 is 109 Å². The van der Waals surface area contributed by atoms with Gasteiger partial charge in [-0.3, -0.25) is 33.7 Å². The van der Waals surface area contributed by atoms with Crippen LogP contribution in [-0.2, 0) is 61.9 Å². The molecule has 7 atom stereocenters. The van der Waals surface area contributed by atoms with E-state index in [0.29, 0.717) is 4.90 Å². The smallest absolute Gasteiger partial charge is 0.348 e. The molecule has 254 valence electrons. The van der Waals surface area contributed by atoms with Crippen molar-refractivity contribution in [1.82, 2.24) is 4.90 Å². The second-order valence-corrected chi connectivity index (χ2v) is 11.9. The average Bonchev–Trinajstić information content (AvgIpc) is 3.38. The number of hydrogen-bond donors (Lipinski definition) is 0. The number of ether oxygens (including phenoxy) is 7. The Balaban J connectivity index is 1.79. The van der Waals surface area contributed by atoms with Crippen molar-refractivity contribution in [2.45, 2.75) is 90.6 Å². The quantitative estimate of drug-likeness (QED) is 0.192. The number of rotatable bonds is 10. The zero-order chi connectivity index (χ0) is 34.8. The molecule has 0 aromatic heterocycles. The summed E-state index contributed by atoms with van der Waals surface area (Å²) >= 11 is 0. The molecule has 3 aliphatic heterocycles.